The van der Waals surface area contributed by atoms with E-state index < -0.39 is 11.5 Å². The number of hydrogen-bond acceptors (Lipinski definition) is 3. The molecule has 0 aliphatic carbocycles. The molecule has 0 bridgehead atoms. The van der Waals surface area contributed by atoms with Crippen LogP contribution in [0.4, 0.5) is 5.69 Å². The maximum absolute atomic E-state index is 12.1. The van der Waals surface area contributed by atoms with Crippen LogP contribution in [0.1, 0.15) is 13.8 Å². The van der Waals surface area contributed by atoms with Gasteiger partial charge in [-0.1, -0.05) is 15.9 Å². The number of benzene rings is 1. The molecule has 1 rings (SSSR count). The molecule has 0 unspecified atom stereocenters. The lowest BCUT2D eigenvalue weighted by Gasteiger charge is -2.30. The number of nitrogens with zero attached hydrogens (tertiary/aromatic N) is 1. The molecule has 0 aliphatic rings. The van der Waals surface area contributed by atoms with Gasteiger partial charge in [-0.25, -0.2) is 0 Å². The number of carboxylic acids is 1. The fourth-order valence-corrected chi connectivity index (χ4v) is 3.87. The second kappa shape index (κ2) is 7.21. The predicted molar refractivity (Wildman–Crippen MR) is 92.5 cm³/mol. The van der Waals surface area contributed by atoms with Crippen LogP contribution < -0.4 is 5.32 Å². The Labute approximate surface area is 148 Å². The van der Waals surface area contributed by atoms with Gasteiger partial charge < -0.3 is 10.4 Å². The molecule has 2 N–H and O–H groups in total. The van der Waals surface area contributed by atoms with E-state index in [0.717, 1.165) is 13.4 Å². The van der Waals surface area contributed by atoms with Gasteiger partial charge in [0.15, 0.2) is 0 Å². The van der Waals surface area contributed by atoms with Crippen LogP contribution in [0.25, 0.3) is 0 Å². The Balaban J connectivity index is 2.82. The molecule has 0 aliphatic heterocycles. The highest BCUT2D eigenvalue weighted by Crippen LogP contribution is 2.34. The van der Waals surface area contributed by atoms with Gasteiger partial charge in [-0.2, -0.15) is 0 Å². The molecule has 0 atom stereocenters. The molecule has 21 heavy (non-hydrogen) atoms. The normalized spacial score (nSPS) is 11.6. The summed E-state index contributed by atoms with van der Waals surface area (Å²) in [5.74, 6) is -1.28. The van der Waals surface area contributed by atoms with Crippen molar-refractivity contribution in [3.8, 4) is 0 Å². The second-order valence-electron chi connectivity index (χ2n) is 5.01. The summed E-state index contributed by atoms with van der Waals surface area (Å²) in [4.78, 5) is 24.7. The van der Waals surface area contributed by atoms with Crippen molar-refractivity contribution in [1.82, 2.24) is 4.90 Å². The first-order valence-electron chi connectivity index (χ1n) is 5.94. The number of halogens is 3. The maximum Gasteiger partial charge on any atom is 0.323 e. The second-order valence-corrected chi connectivity index (χ2v) is 7.64. The predicted octanol–water partition coefficient (Wildman–Crippen LogP) is 3.71. The van der Waals surface area contributed by atoms with Crippen molar-refractivity contribution in [3.05, 3.63) is 25.6 Å². The molecule has 0 saturated carbocycles. The lowest BCUT2D eigenvalue weighted by atomic mass is 10.0. The van der Waals surface area contributed by atoms with Gasteiger partial charge in [-0.05, 0) is 64.9 Å². The molecule has 1 aromatic carbocycles. The van der Waals surface area contributed by atoms with E-state index in [0.29, 0.717) is 5.69 Å². The molecule has 0 aromatic heterocycles. The van der Waals surface area contributed by atoms with Crippen LogP contribution in [0.5, 0.6) is 0 Å². The average molecular weight is 487 g/mol. The third kappa shape index (κ3) is 4.77. The minimum absolute atomic E-state index is 0.0335. The molecule has 5 nitrogen and oxygen atoms in total. The number of aliphatic carboxylic acids is 1. The first-order valence-corrected chi connectivity index (χ1v) is 8.32. The van der Waals surface area contributed by atoms with Gasteiger partial charge in [0.1, 0.15) is 5.54 Å². The summed E-state index contributed by atoms with van der Waals surface area (Å²) in [6.45, 7) is 3.07. The Morgan fingerprint density at radius 2 is 1.71 bits per heavy atom. The number of hydrogen-bond donors (Lipinski definition) is 2. The number of amides is 1. The Morgan fingerprint density at radius 1 is 1.24 bits per heavy atom. The molecule has 0 radical (unpaired) electrons. The highest BCUT2D eigenvalue weighted by molar-refractivity contribution is 9.11. The van der Waals surface area contributed by atoms with Gasteiger partial charge in [-0.3, -0.25) is 14.5 Å². The molecule has 0 spiro atoms. The standard InChI is InChI=1S/C13H15Br3N2O3/c1-13(2,12(20)21)18(3)6-10(19)17-11-8(15)4-7(14)5-9(11)16/h4-5H,6H2,1-3H3,(H,17,19)(H,20,21). The highest BCUT2D eigenvalue weighted by Gasteiger charge is 2.33. The fraction of sp³-hybridized carbons (Fsp3) is 0.385. The average Bonchev–Trinajstić information content (AvgIpc) is 2.33. The number of anilines is 1. The molecule has 116 valence electrons. The summed E-state index contributed by atoms with van der Waals surface area (Å²) in [7, 11) is 1.60. The summed E-state index contributed by atoms with van der Waals surface area (Å²) in [6, 6.07) is 3.62. The lowest BCUT2D eigenvalue weighted by molar-refractivity contribution is -0.148. The van der Waals surface area contributed by atoms with E-state index in [-0.39, 0.29) is 12.5 Å². The number of likely N-dealkylation sites (N-methyl/N-ethyl adjacent to an activating group) is 1. The van der Waals surface area contributed by atoms with Gasteiger partial charge in [0.05, 0.1) is 12.2 Å². The minimum atomic E-state index is -1.12. The van der Waals surface area contributed by atoms with E-state index in [9.17, 15) is 9.59 Å². The smallest absolute Gasteiger partial charge is 0.323 e. The number of carboxylic acid groups (broad SMARTS) is 1. The van der Waals surface area contributed by atoms with Crippen molar-refractivity contribution in [3.63, 3.8) is 0 Å². The molecule has 0 saturated heterocycles. The fourth-order valence-electron chi connectivity index (χ4n) is 1.42. The zero-order valence-electron chi connectivity index (χ0n) is 11.7. The molecule has 8 heteroatoms. The molecular weight excluding hydrogens is 472 g/mol. The topological polar surface area (TPSA) is 69.6 Å². The van der Waals surface area contributed by atoms with Crippen LogP contribution in [0.15, 0.2) is 25.6 Å². The highest BCUT2D eigenvalue weighted by atomic mass is 79.9. The van der Waals surface area contributed by atoms with Crippen molar-refractivity contribution in [2.24, 2.45) is 0 Å². The van der Waals surface area contributed by atoms with Crippen LogP contribution >= 0.6 is 47.8 Å². The number of carbonyl (C=O) groups is 2. The van der Waals surface area contributed by atoms with Crippen LogP contribution in [-0.4, -0.2) is 41.0 Å². The molecular formula is C13H15Br3N2O3. The third-order valence-corrected chi connectivity index (χ3v) is 4.84. The SMILES string of the molecule is CN(CC(=O)Nc1c(Br)cc(Br)cc1Br)C(C)(C)C(=O)O. The molecule has 1 amide bonds. The summed E-state index contributed by atoms with van der Waals surface area (Å²) in [5.41, 5.74) is -0.518. The van der Waals surface area contributed by atoms with Crippen molar-refractivity contribution < 1.29 is 14.7 Å². The summed E-state index contributed by atoms with van der Waals surface area (Å²) >= 11 is 10.1. The van der Waals surface area contributed by atoms with Crippen LogP contribution in [0.3, 0.4) is 0 Å². The maximum atomic E-state index is 12.1. The van der Waals surface area contributed by atoms with Crippen LogP contribution in [0, 0.1) is 0 Å². The quantitative estimate of drug-likeness (QED) is 0.665. The van der Waals surface area contributed by atoms with Crippen molar-refractivity contribution in [1.29, 1.82) is 0 Å². The molecule has 0 fully saturated rings. The van der Waals surface area contributed by atoms with Gasteiger partial charge in [0.2, 0.25) is 5.91 Å². The monoisotopic (exact) mass is 484 g/mol. The van der Waals surface area contributed by atoms with E-state index in [1.54, 1.807) is 20.9 Å². The first-order chi connectivity index (χ1) is 9.55. The van der Waals surface area contributed by atoms with E-state index >= 15 is 0 Å². The molecule has 1 aromatic rings. The van der Waals surface area contributed by atoms with E-state index in [4.69, 9.17) is 5.11 Å². The number of rotatable bonds is 5. The first kappa shape index (κ1) is 18.6. The summed E-state index contributed by atoms with van der Waals surface area (Å²) in [5, 5.41) is 11.9. The summed E-state index contributed by atoms with van der Waals surface area (Å²) < 4.78 is 2.30. The number of carbonyl (C=O) groups excluding carboxylic acids is 1. The largest absolute Gasteiger partial charge is 0.480 e. The van der Waals surface area contributed by atoms with Gasteiger partial charge in [-0.15, -0.1) is 0 Å². The minimum Gasteiger partial charge on any atom is -0.480 e. The summed E-state index contributed by atoms with van der Waals surface area (Å²) in [6.07, 6.45) is 0. The number of nitrogens with one attached hydrogen (secondary N) is 1. The van der Waals surface area contributed by atoms with Crippen LogP contribution in [0.2, 0.25) is 0 Å². The van der Waals surface area contributed by atoms with E-state index in [1.165, 1.54) is 4.90 Å². The van der Waals surface area contributed by atoms with E-state index in [1.807, 2.05) is 12.1 Å². The Kier molecular flexibility index (Phi) is 6.39. The van der Waals surface area contributed by atoms with Gasteiger partial charge >= 0.3 is 5.97 Å². The van der Waals surface area contributed by atoms with Gasteiger partial charge in [0.25, 0.3) is 0 Å². The third-order valence-electron chi connectivity index (χ3n) is 3.13. The van der Waals surface area contributed by atoms with Gasteiger partial charge in [0, 0.05) is 13.4 Å². The van der Waals surface area contributed by atoms with Crippen LogP contribution in [-0.2, 0) is 9.59 Å². The Hall–Kier alpha value is -0.440. The van der Waals surface area contributed by atoms with Crippen molar-refractivity contribution >= 4 is 65.4 Å². The lowest BCUT2D eigenvalue weighted by Crippen LogP contribution is -2.50. The Morgan fingerprint density at radius 3 is 2.14 bits per heavy atom. The zero-order chi connectivity index (χ0) is 16.4. The van der Waals surface area contributed by atoms with Crippen molar-refractivity contribution in [2.45, 2.75) is 19.4 Å². The molecule has 0 heterocycles. The zero-order valence-corrected chi connectivity index (χ0v) is 16.5. The van der Waals surface area contributed by atoms with E-state index in [2.05, 4.69) is 53.1 Å². The van der Waals surface area contributed by atoms with Crippen molar-refractivity contribution in [2.75, 3.05) is 18.9 Å². The Bertz CT molecular complexity index is 553.